The third-order valence-electron chi connectivity index (χ3n) is 2.23. The smallest absolute Gasteiger partial charge is 0.303 e. The van der Waals surface area contributed by atoms with Crippen molar-refractivity contribution in [1.29, 1.82) is 0 Å². The molecule has 88 valence electrons. The second kappa shape index (κ2) is 4.08. The largest absolute Gasteiger partial charge is 0.394 e. The van der Waals surface area contributed by atoms with Crippen LogP contribution in [0.25, 0.3) is 5.65 Å². The zero-order chi connectivity index (χ0) is 12.6. The van der Waals surface area contributed by atoms with E-state index in [0.29, 0.717) is 15.7 Å². The van der Waals surface area contributed by atoms with Crippen LogP contribution in [0.2, 0.25) is 0 Å². The van der Waals surface area contributed by atoms with Crippen LogP contribution in [-0.4, -0.2) is 15.6 Å². The second-order valence-corrected chi connectivity index (χ2v) is 4.27. The summed E-state index contributed by atoms with van der Waals surface area (Å²) in [6, 6.07) is 1.60. The summed E-state index contributed by atoms with van der Waals surface area (Å²) in [7, 11) is 0. The van der Waals surface area contributed by atoms with Crippen molar-refractivity contribution in [3.8, 4) is 12.3 Å². The number of nitrogens with zero attached hydrogens (tertiary/aromatic N) is 2. The van der Waals surface area contributed by atoms with E-state index >= 15 is 0 Å². The first-order chi connectivity index (χ1) is 7.92. The number of aromatic nitrogens is 2. The van der Waals surface area contributed by atoms with Gasteiger partial charge in [-0.25, -0.2) is 4.98 Å². The van der Waals surface area contributed by atoms with Crippen molar-refractivity contribution in [2.45, 2.75) is 12.6 Å². The van der Waals surface area contributed by atoms with Gasteiger partial charge in [0.1, 0.15) is 0 Å². The van der Waals surface area contributed by atoms with Crippen molar-refractivity contribution >= 4 is 21.6 Å². The summed E-state index contributed by atoms with van der Waals surface area (Å²) in [5.41, 5.74) is 0.860. The molecule has 0 N–H and O–H groups in total. The molecule has 0 saturated carbocycles. The van der Waals surface area contributed by atoms with Crippen LogP contribution < -0.4 is 0 Å². The van der Waals surface area contributed by atoms with Crippen molar-refractivity contribution in [1.82, 2.24) is 9.38 Å². The minimum absolute atomic E-state index is 0.0662. The van der Waals surface area contributed by atoms with E-state index in [1.54, 1.807) is 6.07 Å². The predicted octanol–water partition coefficient (Wildman–Crippen LogP) is 3.18. The van der Waals surface area contributed by atoms with Gasteiger partial charge in [0, 0.05) is 16.9 Å². The molecule has 0 fully saturated rings. The molecule has 0 spiro atoms. The molecule has 2 aromatic rings. The number of halogens is 4. The van der Waals surface area contributed by atoms with Gasteiger partial charge in [0.05, 0.1) is 17.7 Å². The summed E-state index contributed by atoms with van der Waals surface area (Å²) < 4.78 is 38.9. The lowest BCUT2D eigenvalue weighted by atomic mass is 10.2. The Morgan fingerprint density at radius 3 is 2.76 bits per heavy atom. The molecule has 0 bridgehead atoms. The number of hydrogen-bond acceptors (Lipinski definition) is 1. The fourth-order valence-electron chi connectivity index (χ4n) is 1.55. The summed E-state index contributed by atoms with van der Waals surface area (Å²) >= 11 is 3.23. The van der Waals surface area contributed by atoms with Crippen LogP contribution in [0.5, 0.6) is 0 Å². The Bertz CT molecular complexity index is 607. The normalized spacial score (nSPS) is 11.7. The second-order valence-electron chi connectivity index (χ2n) is 3.42. The molecule has 2 rings (SSSR count). The molecule has 0 radical (unpaired) electrons. The van der Waals surface area contributed by atoms with Crippen LogP contribution in [0.1, 0.15) is 11.3 Å². The molecule has 0 aliphatic rings. The van der Waals surface area contributed by atoms with E-state index in [1.165, 1.54) is 16.8 Å². The molecule has 0 saturated heterocycles. The zero-order valence-electron chi connectivity index (χ0n) is 8.42. The molecule has 0 atom stereocenters. The third kappa shape index (κ3) is 2.29. The molecule has 17 heavy (non-hydrogen) atoms. The highest BCUT2D eigenvalue weighted by molar-refractivity contribution is 9.10. The number of fused-ring (bicyclic) bond motifs is 1. The average Bonchev–Trinajstić information content (AvgIpc) is 2.59. The van der Waals surface area contributed by atoms with E-state index in [0.717, 1.165) is 0 Å². The predicted molar refractivity (Wildman–Crippen MR) is 60.6 cm³/mol. The molecule has 0 unspecified atom stereocenters. The van der Waals surface area contributed by atoms with E-state index in [-0.39, 0.29) is 5.69 Å². The average molecular weight is 303 g/mol. The molecular weight excluding hydrogens is 297 g/mol. The first kappa shape index (κ1) is 12.0. The van der Waals surface area contributed by atoms with Crippen molar-refractivity contribution in [3.63, 3.8) is 0 Å². The lowest BCUT2D eigenvalue weighted by Crippen LogP contribution is -2.13. The van der Waals surface area contributed by atoms with E-state index < -0.39 is 12.6 Å². The standard InChI is InChI=1S/C11H6BrF3N2/c1-2-8-9(12)3-4-17-7(5-11(13,14)15)6-16-10(8)17/h1,3-4,6H,5H2. The maximum Gasteiger partial charge on any atom is 0.394 e. The van der Waals surface area contributed by atoms with Crippen LogP contribution in [0.15, 0.2) is 22.9 Å². The van der Waals surface area contributed by atoms with Crippen LogP contribution in [0.3, 0.4) is 0 Å². The highest BCUT2D eigenvalue weighted by atomic mass is 79.9. The van der Waals surface area contributed by atoms with E-state index in [9.17, 15) is 13.2 Å². The molecule has 2 aromatic heterocycles. The minimum Gasteiger partial charge on any atom is -0.303 e. The van der Waals surface area contributed by atoms with Gasteiger partial charge in [-0.2, -0.15) is 13.2 Å². The van der Waals surface area contributed by atoms with Gasteiger partial charge in [-0.1, -0.05) is 5.92 Å². The number of alkyl halides is 3. The zero-order valence-corrected chi connectivity index (χ0v) is 10.0. The maximum absolute atomic E-state index is 12.3. The summed E-state index contributed by atoms with van der Waals surface area (Å²) in [4.78, 5) is 3.92. The van der Waals surface area contributed by atoms with Gasteiger partial charge < -0.3 is 4.40 Å². The molecule has 0 aliphatic carbocycles. The molecule has 0 aromatic carbocycles. The molecular formula is C11H6BrF3N2. The summed E-state index contributed by atoms with van der Waals surface area (Å²) in [6.45, 7) is 0. The molecule has 6 heteroatoms. The fraction of sp³-hybridized carbons (Fsp3) is 0.182. The van der Waals surface area contributed by atoms with Gasteiger partial charge in [0.2, 0.25) is 0 Å². The van der Waals surface area contributed by atoms with Crippen LogP contribution in [0.4, 0.5) is 13.2 Å². The number of hydrogen-bond donors (Lipinski definition) is 0. The highest BCUT2D eigenvalue weighted by Gasteiger charge is 2.29. The molecule has 2 nitrogen and oxygen atoms in total. The van der Waals surface area contributed by atoms with Gasteiger partial charge in [0.25, 0.3) is 0 Å². The fourth-order valence-corrected chi connectivity index (χ4v) is 1.96. The van der Waals surface area contributed by atoms with Crippen molar-refractivity contribution in [2.24, 2.45) is 0 Å². The first-order valence-electron chi connectivity index (χ1n) is 4.60. The highest BCUT2D eigenvalue weighted by Crippen LogP contribution is 2.25. The maximum atomic E-state index is 12.3. The van der Waals surface area contributed by atoms with Gasteiger partial charge in [0.15, 0.2) is 5.65 Å². The topological polar surface area (TPSA) is 17.3 Å². The number of pyridine rings is 1. The molecule has 0 aliphatic heterocycles. The summed E-state index contributed by atoms with van der Waals surface area (Å²) in [5.74, 6) is 2.40. The van der Waals surface area contributed by atoms with E-state index in [4.69, 9.17) is 6.42 Å². The number of terminal acetylenes is 1. The SMILES string of the molecule is C#Cc1c(Br)ccn2c(CC(F)(F)F)cnc12. The van der Waals surface area contributed by atoms with Crippen LogP contribution in [0, 0.1) is 12.3 Å². The Kier molecular flexibility index (Phi) is 2.87. The van der Waals surface area contributed by atoms with Crippen LogP contribution >= 0.6 is 15.9 Å². The Morgan fingerprint density at radius 2 is 2.18 bits per heavy atom. The monoisotopic (exact) mass is 302 g/mol. The minimum atomic E-state index is -4.26. The number of rotatable bonds is 1. The molecule has 0 amide bonds. The summed E-state index contributed by atoms with van der Waals surface area (Å²) in [6.07, 6.45) is 2.70. The Hall–Kier alpha value is -1.48. The molecule has 2 heterocycles. The quantitative estimate of drug-likeness (QED) is 0.740. The Morgan fingerprint density at radius 1 is 1.47 bits per heavy atom. The van der Waals surface area contributed by atoms with Crippen molar-refractivity contribution in [3.05, 3.63) is 34.2 Å². The van der Waals surface area contributed by atoms with Gasteiger partial charge in [-0.15, -0.1) is 6.42 Å². The van der Waals surface area contributed by atoms with Crippen LogP contribution in [-0.2, 0) is 6.42 Å². The summed E-state index contributed by atoms with van der Waals surface area (Å²) in [5, 5.41) is 0. The van der Waals surface area contributed by atoms with Gasteiger partial charge in [-0.3, -0.25) is 0 Å². The van der Waals surface area contributed by atoms with Gasteiger partial charge >= 0.3 is 6.18 Å². The van der Waals surface area contributed by atoms with Crippen molar-refractivity contribution in [2.75, 3.05) is 0 Å². The van der Waals surface area contributed by atoms with E-state index in [2.05, 4.69) is 26.8 Å². The lowest BCUT2D eigenvalue weighted by molar-refractivity contribution is -0.127. The number of imidazole rings is 1. The third-order valence-corrected chi connectivity index (χ3v) is 2.89. The van der Waals surface area contributed by atoms with Crippen molar-refractivity contribution < 1.29 is 13.2 Å². The van der Waals surface area contributed by atoms with Gasteiger partial charge in [-0.05, 0) is 22.0 Å². The lowest BCUT2D eigenvalue weighted by Gasteiger charge is -2.06. The first-order valence-corrected chi connectivity index (χ1v) is 5.39. The van der Waals surface area contributed by atoms with E-state index in [1.807, 2.05) is 0 Å². The Balaban J connectivity index is 2.60. The Labute approximate surface area is 104 Å².